The summed E-state index contributed by atoms with van der Waals surface area (Å²) in [6.07, 6.45) is -2.36. The molecule has 0 aliphatic rings. The maximum atomic E-state index is 11.8. The first-order valence-corrected chi connectivity index (χ1v) is 7.38. The second-order valence-corrected chi connectivity index (χ2v) is 6.68. The third-order valence-corrected chi connectivity index (χ3v) is 3.44. The fraction of sp³-hybridized carbons (Fsp3) is 0.529. The van der Waals surface area contributed by atoms with Crippen molar-refractivity contribution in [3.8, 4) is 0 Å². The Balaban J connectivity index is 3.04. The first kappa shape index (κ1) is 19.0. The number of aliphatic carboxylic acids is 1. The molecule has 0 bridgehead atoms. The lowest BCUT2D eigenvalue weighted by Crippen LogP contribution is -2.52. The molecule has 0 aliphatic heterocycles. The molecule has 23 heavy (non-hydrogen) atoms. The number of carbonyl (C=O) groups is 2. The number of aliphatic hydroxyl groups is 1. The SMILES string of the molecule is Cc1cc(C)c([C@@H](O)[C@@H](NC(=O)OC(C)(C)C)C(=O)[O-])cc1C. The van der Waals surface area contributed by atoms with Gasteiger partial charge in [0.25, 0.3) is 0 Å². The number of aliphatic hydroxyl groups excluding tert-OH is 1. The van der Waals surface area contributed by atoms with Crippen LogP contribution in [0.4, 0.5) is 4.79 Å². The number of carbonyl (C=O) groups excluding carboxylic acids is 2. The molecule has 6 nitrogen and oxygen atoms in total. The van der Waals surface area contributed by atoms with Crippen molar-refractivity contribution in [2.24, 2.45) is 0 Å². The van der Waals surface area contributed by atoms with Crippen LogP contribution in [0, 0.1) is 20.8 Å². The van der Waals surface area contributed by atoms with Crippen LogP contribution in [-0.2, 0) is 9.53 Å². The minimum Gasteiger partial charge on any atom is -0.548 e. The average molecular weight is 322 g/mol. The van der Waals surface area contributed by atoms with E-state index in [4.69, 9.17) is 4.74 Å². The number of carboxylic acid groups (broad SMARTS) is 1. The van der Waals surface area contributed by atoms with Crippen molar-refractivity contribution >= 4 is 12.1 Å². The molecule has 0 spiro atoms. The molecule has 1 amide bonds. The van der Waals surface area contributed by atoms with Crippen molar-refractivity contribution in [2.75, 3.05) is 0 Å². The lowest BCUT2D eigenvalue weighted by Gasteiger charge is -2.28. The van der Waals surface area contributed by atoms with Crippen molar-refractivity contribution in [1.82, 2.24) is 5.32 Å². The van der Waals surface area contributed by atoms with Gasteiger partial charge in [-0.05, 0) is 63.8 Å². The van der Waals surface area contributed by atoms with Crippen LogP contribution in [-0.4, -0.2) is 28.8 Å². The van der Waals surface area contributed by atoms with Gasteiger partial charge in [0.2, 0.25) is 0 Å². The Morgan fingerprint density at radius 3 is 2.13 bits per heavy atom. The molecule has 0 saturated carbocycles. The Hall–Kier alpha value is -2.08. The van der Waals surface area contributed by atoms with Gasteiger partial charge in [-0.3, -0.25) is 0 Å². The number of aryl methyl sites for hydroxylation is 3. The predicted molar refractivity (Wildman–Crippen MR) is 83.8 cm³/mol. The van der Waals surface area contributed by atoms with E-state index < -0.39 is 29.8 Å². The number of nitrogens with one attached hydrogen (secondary N) is 1. The zero-order valence-corrected chi connectivity index (χ0v) is 14.4. The van der Waals surface area contributed by atoms with E-state index in [0.717, 1.165) is 16.7 Å². The molecule has 6 heteroatoms. The van der Waals surface area contributed by atoms with Crippen LogP contribution < -0.4 is 10.4 Å². The molecule has 0 unspecified atom stereocenters. The van der Waals surface area contributed by atoms with Gasteiger partial charge >= 0.3 is 6.09 Å². The summed E-state index contributed by atoms with van der Waals surface area (Å²) in [6, 6.07) is 1.96. The van der Waals surface area contributed by atoms with Crippen LogP contribution in [0.15, 0.2) is 12.1 Å². The van der Waals surface area contributed by atoms with Gasteiger partial charge in [-0.25, -0.2) is 4.79 Å². The highest BCUT2D eigenvalue weighted by molar-refractivity contribution is 5.79. The fourth-order valence-corrected chi connectivity index (χ4v) is 2.18. The van der Waals surface area contributed by atoms with Crippen molar-refractivity contribution < 1.29 is 24.5 Å². The largest absolute Gasteiger partial charge is 0.548 e. The Morgan fingerprint density at radius 2 is 1.65 bits per heavy atom. The lowest BCUT2D eigenvalue weighted by molar-refractivity contribution is -0.310. The molecule has 2 atom stereocenters. The minimum atomic E-state index is -1.61. The van der Waals surface area contributed by atoms with Gasteiger partial charge in [-0.2, -0.15) is 0 Å². The van der Waals surface area contributed by atoms with E-state index in [1.54, 1.807) is 33.8 Å². The Morgan fingerprint density at radius 1 is 1.13 bits per heavy atom. The van der Waals surface area contributed by atoms with Gasteiger partial charge in [-0.1, -0.05) is 12.1 Å². The van der Waals surface area contributed by atoms with Crippen LogP contribution in [0.1, 0.15) is 49.1 Å². The highest BCUT2D eigenvalue weighted by Gasteiger charge is 2.27. The summed E-state index contributed by atoms with van der Waals surface area (Å²) in [4.78, 5) is 23.1. The molecule has 0 heterocycles. The Kier molecular flexibility index (Phi) is 5.77. The summed E-state index contributed by atoms with van der Waals surface area (Å²) >= 11 is 0. The Bertz CT molecular complexity index is 604. The van der Waals surface area contributed by atoms with Gasteiger partial charge in [0.15, 0.2) is 0 Å². The average Bonchev–Trinajstić information content (AvgIpc) is 2.37. The van der Waals surface area contributed by atoms with Crippen LogP contribution in [0.25, 0.3) is 0 Å². The second-order valence-electron chi connectivity index (χ2n) is 6.68. The van der Waals surface area contributed by atoms with Crippen LogP contribution in [0.2, 0.25) is 0 Å². The highest BCUT2D eigenvalue weighted by Crippen LogP contribution is 2.24. The maximum Gasteiger partial charge on any atom is 0.408 e. The monoisotopic (exact) mass is 322 g/mol. The van der Waals surface area contributed by atoms with Crippen LogP contribution in [0.3, 0.4) is 0 Å². The van der Waals surface area contributed by atoms with Crippen molar-refractivity contribution in [1.29, 1.82) is 0 Å². The highest BCUT2D eigenvalue weighted by atomic mass is 16.6. The predicted octanol–water partition coefficient (Wildman–Crippen LogP) is 1.29. The topological polar surface area (TPSA) is 98.7 Å². The van der Waals surface area contributed by atoms with Gasteiger partial charge in [0, 0.05) is 0 Å². The van der Waals surface area contributed by atoms with Crippen molar-refractivity contribution in [3.05, 3.63) is 34.4 Å². The molecule has 0 aromatic heterocycles. The molecule has 1 aromatic rings. The van der Waals surface area contributed by atoms with E-state index in [1.807, 2.05) is 19.9 Å². The third-order valence-electron chi connectivity index (χ3n) is 3.44. The number of benzene rings is 1. The van der Waals surface area contributed by atoms with Gasteiger partial charge in [-0.15, -0.1) is 0 Å². The number of carboxylic acids is 1. The fourth-order valence-electron chi connectivity index (χ4n) is 2.18. The first-order chi connectivity index (χ1) is 10.4. The number of rotatable bonds is 4. The van der Waals surface area contributed by atoms with Crippen molar-refractivity contribution in [2.45, 2.75) is 59.3 Å². The molecule has 0 saturated heterocycles. The van der Waals surface area contributed by atoms with Crippen LogP contribution >= 0.6 is 0 Å². The molecular formula is C17H24NO5-. The molecule has 0 radical (unpaired) electrons. The summed E-state index contributed by atoms with van der Waals surface area (Å²) in [5.41, 5.74) is 2.33. The van der Waals surface area contributed by atoms with Gasteiger partial charge < -0.3 is 25.1 Å². The molecule has 0 fully saturated rings. The molecule has 1 rings (SSSR count). The summed E-state index contributed by atoms with van der Waals surface area (Å²) in [6.45, 7) is 10.5. The van der Waals surface area contributed by atoms with Crippen LogP contribution in [0.5, 0.6) is 0 Å². The molecular weight excluding hydrogens is 298 g/mol. The lowest BCUT2D eigenvalue weighted by atomic mass is 9.94. The van der Waals surface area contributed by atoms with E-state index in [2.05, 4.69) is 5.32 Å². The minimum absolute atomic E-state index is 0.429. The Labute approximate surface area is 136 Å². The first-order valence-electron chi connectivity index (χ1n) is 7.38. The number of hydrogen-bond donors (Lipinski definition) is 2. The number of amides is 1. The summed E-state index contributed by atoms with van der Waals surface area (Å²) in [5, 5.41) is 23.9. The smallest absolute Gasteiger partial charge is 0.408 e. The molecule has 128 valence electrons. The third kappa shape index (κ3) is 5.25. The zero-order chi connectivity index (χ0) is 17.9. The number of hydrogen-bond acceptors (Lipinski definition) is 5. The van der Waals surface area contributed by atoms with Gasteiger partial charge in [0.1, 0.15) is 17.7 Å². The van der Waals surface area contributed by atoms with E-state index >= 15 is 0 Å². The number of ether oxygens (including phenoxy) is 1. The standard InChI is InChI=1S/C17H25NO5/c1-9-7-11(3)12(8-10(9)2)14(19)13(15(20)21)18-16(22)23-17(4,5)6/h7-8,13-14,19H,1-6H3,(H,18,22)(H,20,21)/p-1/t13-,14-/m1/s1. The normalized spacial score (nSPS) is 14.0. The zero-order valence-electron chi connectivity index (χ0n) is 14.4. The number of alkyl carbamates (subject to hydrolysis) is 1. The van der Waals surface area contributed by atoms with E-state index in [9.17, 15) is 19.8 Å². The van der Waals surface area contributed by atoms with Crippen molar-refractivity contribution in [3.63, 3.8) is 0 Å². The summed E-state index contributed by atoms with van der Waals surface area (Å²) < 4.78 is 5.03. The van der Waals surface area contributed by atoms with E-state index in [1.165, 1.54) is 0 Å². The summed E-state index contributed by atoms with van der Waals surface area (Å²) in [7, 11) is 0. The maximum absolute atomic E-state index is 11.8. The summed E-state index contributed by atoms with van der Waals surface area (Å²) in [5.74, 6) is -1.58. The van der Waals surface area contributed by atoms with E-state index in [0.29, 0.717) is 5.56 Å². The second kappa shape index (κ2) is 7.00. The quantitative estimate of drug-likeness (QED) is 0.870. The molecule has 2 N–H and O–H groups in total. The van der Waals surface area contributed by atoms with Gasteiger partial charge in [0.05, 0.1) is 5.97 Å². The van der Waals surface area contributed by atoms with E-state index in [-0.39, 0.29) is 0 Å². The molecule has 1 aromatic carbocycles. The molecule has 0 aliphatic carbocycles.